The van der Waals surface area contributed by atoms with Crippen molar-refractivity contribution in [3.8, 4) is 11.4 Å². The summed E-state index contributed by atoms with van der Waals surface area (Å²) in [5.74, 6) is 0.887. The predicted octanol–water partition coefficient (Wildman–Crippen LogP) is 4.65. The molecular weight excluding hydrogens is 494 g/mol. The van der Waals surface area contributed by atoms with Gasteiger partial charge in [0.05, 0.1) is 65.2 Å². The first kappa shape index (κ1) is 23.8. The summed E-state index contributed by atoms with van der Waals surface area (Å²) in [6.07, 6.45) is 6.18. The molecular formula is C29H29N7O3. The monoisotopic (exact) mass is 523 g/mol. The number of carbonyl (C=O) groups is 1. The minimum atomic E-state index is -0.215. The Kier molecular flexibility index (Phi) is 5.60. The number of ether oxygens (including phenoxy) is 1. The van der Waals surface area contributed by atoms with E-state index in [9.17, 15) is 4.79 Å². The minimum Gasteiger partial charge on any atom is -0.463 e. The van der Waals surface area contributed by atoms with Crippen molar-refractivity contribution in [1.82, 2.24) is 29.6 Å². The van der Waals surface area contributed by atoms with Gasteiger partial charge in [-0.25, -0.2) is 9.97 Å². The smallest absolute Gasteiger partial charge is 0.254 e. The van der Waals surface area contributed by atoms with Crippen LogP contribution in [0, 0.1) is 0 Å². The largest absolute Gasteiger partial charge is 0.463 e. The van der Waals surface area contributed by atoms with Gasteiger partial charge in [-0.3, -0.25) is 14.2 Å². The molecule has 0 unspecified atom stereocenters. The lowest BCUT2D eigenvalue weighted by Crippen LogP contribution is -2.17. The lowest BCUT2D eigenvalue weighted by Gasteiger charge is -2.19. The van der Waals surface area contributed by atoms with Gasteiger partial charge in [0, 0.05) is 30.7 Å². The Morgan fingerprint density at radius 2 is 2.05 bits per heavy atom. The number of anilines is 2. The SMILES string of the molecule is C[C@@H]1NC(=O)c2c(Nc3ccc([C@@H]4CCOC4)c(CN(C)C)n3)cnc(-c3cnc4ccc5occc5n34)c21. The van der Waals surface area contributed by atoms with Crippen molar-refractivity contribution in [2.24, 2.45) is 0 Å². The topological polar surface area (TPSA) is 110 Å². The quantitative estimate of drug-likeness (QED) is 0.331. The van der Waals surface area contributed by atoms with Crippen LogP contribution in [0.25, 0.3) is 28.1 Å². The summed E-state index contributed by atoms with van der Waals surface area (Å²) < 4.78 is 13.3. The molecule has 39 heavy (non-hydrogen) atoms. The minimum absolute atomic E-state index is 0.140. The average Bonchev–Trinajstić information content (AvgIpc) is 3.71. The highest BCUT2D eigenvalue weighted by molar-refractivity contribution is 6.06. The lowest BCUT2D eigenvalue weighted by atomic mass is 9.96. The fourth-order valence-electron chi connectivity index (χ4n) is 5.81. The second kappa shape index (κ2) is 9.18. The highest BCUT2D eigenvalue weighted by atomic mass is 16.5. The van der Waals surface area contributed by atoms with Crippen LogP contribution in [0.15, 0.2) is 53.4 Å². The fourth-order valence-corrected chi connectivity index (χ4v) is 5.81. The van der Waals surface area contributed by atoms with E-state index in [0.29, 0.717) is 35.2 Å². The first-order chi connectivity index (χ1) is 19.0. The van der Waals surface area contributed by atoms with E-state index < -0.39 is 0 Å². The third kappa shape index (κ3) is 3.95. The predicted molar refractivity (Wildman–Crippen MR) is 147 cm³/mol. The highest BCUT2D eigenvalue weighted by Crippen LogP contribution is 2.39. The molecule has 0 saturated carbocycles. The highest BCUT2D eigenvalue weighted by Gasteiger charge is 2.33. The Bertz CT molecular complexity index is 1730. The van der Waals surface area contributed by atoms with Crippen LogP contribution >= 0.6 is 0 Å². The van der Waals surface area contributed by atoms with Crippen LogP contribution in [0.4, 0.5) is 11.5 Å². The number of aromatic nitrogens is 4. The molecule has 198 valence electrons. The number of hydrogen-bond donors (Lipinski definition) is 2. The third-order valence-corrected chi connectivity index (χ3v) is 7.56. The van der Waals surface area contributed by atoms with Crippen LogP contribution in [0.1, 0.15) is 52.5 Å². The molecule has 1 saturated heterocycles. The van der Waals surface area contributed by atoms with Crippen LogP contribution in [0.5, 0.6) is 0 Å². The number of hydrogen-bond acceptors (Lipinski definition) is 8. The van der Waals surface area contributed by atoms with Crippen LogP contribution in [-0.4, -0.2) is 57.5 Å². The molecule has 7 heterocycles. The van der Waals surface area contributed by atoms with Gasteiger partial charge in [-0.1, -0.05) is 6.07 Å². The number of rotatable bonds is 6. The van der Waals surface area contributed by atoms with E-state index in [-0.39, 0.29) is 11.9 Å². The summed E-state index contributed by atoms with van der Waals surface area (Å²) in [5.41, 5.74) is 8.21. The Labute approximate surface area is 225 Å². The number of carbonyl (C=O) groups excluding carboxylic acids is 1. The maximum Gasteiger partial charge on any atom is 0.254 e. The normalized spacial score (nSPS) is 18.8. The van der Waals surface area contributed by atoms with Crippen LogP contribution < -0.4 is 10.6 Å². The molecule has 0 spiro atoms. The van der Waals surface area contributed by atoms with Gasteiger partial charge in [0.1, 0.15) is 11.5 Å². The number of nitrogens with one attached hydrogen (secondary N) is 2. The molecule has 10 heteroatoms. The number of nitrogens with zero attached hydrogens (tertiary/aromatic N) is 5. The van der Waals surface area contributed by atoms with Crippen LogP contribution in [0.3, 0.4) is 0 Å². The van der Waals surface area contributed by atoms with Crippen molar-refractivity contribution in [3.63, 3.8) is 0 Å². The van der Waals surface area contributed by atoms with Crippen molar-refractivity contribution in [2.45, 2.75) is 31.8 Å². The van der Waals surface area contributed by atoms with Crippen molar-refractivity contribution < 1.29 is 13.9 Å². The summed E-state index contributed by atoms with van der Waals surface area (Å²) in [7, 11) is 4.07. The average molecular weight is 524 g/mol. The van der Waals surface area contributed by atoms with Gasteiger partial charge < -0.3 is 24.7 Å². The Morgan fingerprint density at radius 3 is 2.87 bits per heavy atom. The summed E-state index contributed by atoms with van der Waals surface area (Å²) >= 11 is 0. The maximum absolute atomic E-state index is 13.2. The summed E-state index contributed by atoms with van der Waals surface area (Å²) in [6, 6.07) is 9.62. The second-order valence-corrected chi connectivity index (χ2v) is 10.5. The van der Waals surface area contributed by atoms with Crippen molar-refractivity contribution in [2.75, 3.05) is 32.6 Å². The molecule has 0 radical (unpaired) electrons. The van der Waals surface area contributed by atoms with E-state index >= 15 is 0 Å². The zero-order valence-electron chi connectivity index (χ0n) is 22.1. The second-order valence-electron chi connectivity index (χ2n) is 10.5. The molecule has 2 N–H and O–H groups in total. The van der Waals surface area contributed by atoms with Gasteiger partial charge in [-0.2, -0.15) is 0 Å². The maximum atomic E-state index is 13.2. The number of fused-ring (bicyclic) bond motifs is 4. The van der Waals surface area contributed by atoms with Gasteiger partial charge in [0.2, 0.25) is 0 Å². The Balaban J connectivity index is 1.32. The third-order valence-electron chi connectivity index (χ3n) is 7.56. The lowest BCUT2D eigenvalue weighted by molar-refractivity contribution is 0.0959. The Hall–Kier alpha value is -4.28. The van der Waals surface area contributed by atoms with E-state index in [2.05, 4.69) is 26.6 Å². The fraction of sp³-hybridized carbons (Fsp3) is 0.310. The molecule has 1 amide bonds. The number of furan rings is 1. The molecule has 0 aromatic carbocycles. The molecule has 0 bridgehead atoms. The van der Waals surface area contributed by atoms with Crippen molar-refractivity contribution in [3.05, 3.63) is 71.4 Å². The molecule has 10 nitrogen and oxygen atoms in total. The number of imidazole rings is 1. The van der Waals surface area contributed by atoms with Gasteiger partial charge in [-0.05, 0) is 51.2 Å². The van der Waals surface area contributed by atoms with Gasteiger partial charge in [0.25, 0.3) is 5.91 Å². The summed E-state index contributed by atoms with van der Waals surface area (Å²) in [4.78, 5) is 29.8. The molecule has 5 aromatic rings. The molecule has 2 aliphatic rings. The van der Waals surface area contributed by atoms with Crippen LogP contribution in [-0.2, 0) is 11.3 Å². The summed E-state index contributed by atoms with van der Waals surface area (Å²) in [6.45, 7) is 4.19. The van der Waals surface area contributed by atoms with Crippen molar-refractivity contribution >= 4 is 34.2 Å². The van der Waals surface area contributed by atoms with Gasteiger partial charge >= 0.3 is 0 Å². The zero-order valence-corrected chi connectivity index (χ0v) is 22.1. The molecule has 5 aromatic heterocycles. The summed E-state index contributed by atoms with van der Waals surface area (Å²) in [5, 5.41) is 6.47. The van der Waals surface area contributed by atoms with Gasteiger partial charge in [-0.15, -0.1) is 0 Å². The Morgan fingerprint density at radius 1 is 1.15 bits per heavy atom. The standard InChI is InChI=1S/C29H29N7O3/c1-16-26-27(29(37)32-16)19(33-24-6-4-18(17-8-10-38-15-17)20(34-24)14-35(2)3)12-31-28(26)22-13-30-25-7-5-23-21(36(22)25)9-11-39-23/h4-7,9,11-13,16-17H,8,10,14-15H2,1-3H3,(H,32,37)(H,33,34)/t16-,17+/m0/s1. The van der Waals surface area contributed by atoms with Crippen molar-refractivity contribution in [1.29, 1.82) is 0 Å². The number of amides is 1. The van der Waals surface area contributed by atoms with E-state index in [1.807, 2.05) is 49.7 Å². The van der Waals surface area contributed by atoms with E-state index in [1.165, 1.54) is 5.56 Å². The molecule has 0 aliphatic carbocycles. The molecule has 2 atom stereocenters. The van der Waals surface area contributed by atoms with Crippen LogP contribution in [0.2, 0.25) is 0 Å². The molecule has 2 aliphatic heterocycles. The van der Waals surface area contributed by atoms with E-state index in [4.69, 9.17) is 19.1 Å². The first-order valence-electron chi connectivity index (χ1n) is 13.1. The number of pyridine rings is 3. The first-order valence-corrected chi connectivity index (χ1v) is 13.1. The molecule has 7 rings (SSSR count). The zero-order chi connectivity index (χ0) is 26.7. The van der Waals surface area contributed by atoms with Gasteiger partial charge in [0.15, 0.2) is 5.58 Å². The molecule has 1 fully saturated rings. The van der Waals surface area contributed by atoms with E-state index in [1.54, 1.807) is 18.7 Å². The van der Waals surface area contributed by atoms with E-state index in [0.717, 1.165) is 53.3 Å².